The van der Waals surface area contributed by atoms with Crippen LogP contribution in [0.2, 0.25) is 0 Å². The molecule has 0 radical (unpaired) electrons. The zero-order chi connectivity index (χ0) is 18.1. The molecular weight excluding hydrogens is 334 g/mol. The molecule has 6 nitrogen and oxygen atoms in total. The van der Waals surface area contributed by atoms with Crippen LogP contribution in [0.5, 0.6) is 28.7 Å². The molecule has 1 fully saturated rings. The van der Waals surface area contributed by atoms with Gasteiger partial charge in [-0.2, -0.15) is 0 Å². The largest absolute Gasteiger partial charge is 0.507 e. The van der Waals surface area contributed by atoms with Gasteiger partial charge in [-0.3, -0.25) is 4.90 Å². The SMILES string of the molecule is COc1ccc(OC)c([C@H](c2cc3c(cc2O)OCO3)N2CCCC2)c1. The predicted octanol–water partition coefficient (Wildman–Crippen LogP) is 3.32. The standard InChI is InChI=1S/C20H23NO5/c1-23-13-5-6-17(24-2)15(9-13)20(21-7-3-4-8-21)14-10-18-19(11-16(14)22)26-12-25-18/h5-6,9-11,20,22H,3-4,7-8,12H2,1-2H3/t20-/m0/s1. The Hall–Kier alpha value is -2.60. The van der Waals surface area contributed by atoms with Crippen molar-refractivity contribution in [3.8, 4) is 28.7 Å². The number of aromatic hydroxyl groups is 1. The van der Waals surface area contributed by atoms with Crippen molar-refractivity contribution in [2.75, 3.05) is 34.1 Å². The Kier molecular flexibility index (Phi) is 4.51. The lowest BCUT2D eigenvalue weighted by Crippen LogP contribution is -2.27. The number of rotatable bonds is 5. The molecule has 0 aliphatic carbocycles. The molecule has 0 spiro atoms. The summed E-state index contributed by atoms with van der Waals surface area (Å²) in [6.07, 6.45) is 2.27. The molecule has 2 aliphatic heterocycles. The Labute approximate surface area is 152 Å². The summed E-state index contributed by atoms with van der Waals surface area (Å²) < 4.78 is 22.0. The average molecular weight is 357 g/mol. The van der Waals surface area contributed by atoms with Gasteiger partial charge in [0.05, 0.1) is 20.3 Å². The number of likely N-dealkylation sites (tertiary alicyclic amines) is 1. The molecule has 0 aromatic heterocycles. The van der Waals surface area contributed by atoms with Crippen molar-refractivity contribution in [1.29, 1.82) is 0 Å². The fourth-order valence-electron chi connectivity index (χ4n) is 3.78. The normalized spacial score (nSPS) is 17.3. The highest BCUT2D eigenvalue weighted by atomic mass is 16.7. The number of methoxy groups -OCH3 is 2. The van der Waals surface area contributed by atoms with E-state index in [9.17, 15) is 5.11 Å². The van der Waals surface area contributed by atoms with Crippen molar-refractivity contribution in [2.24, 2.45) is 0 Å². The summed E-state index contributed by atoms with van der Waals surface area (Å²) in [4.78, 5) is 2.36. The van der Waals surface area contributed by atoms with Crippen LogP contribution in [0.3, 0.4) is 0 Å². The molecule has 2 heterocycles. The second-order valence-electron chi connectivity index (χ2n) is 6.52. The number of benzene rings is 2. The number of nitrogens with zero attached hydrogens (tertiary/aromatic N) is 1. The third-order valence-electron chi connectivity index (χ3n) is 5.05. The third-order valence-corrected chi connectivity index (χ3v) is 5.05. The fourth-order valence-corrected chi connectivity index (χ4v) is 3.78. The Balaban J connectivity index is 1.87. The van der Waals surface area contributed by atoms with Crippen LogP contribution in [-0.4, -0.2) is 44.1 Å². The van der Waals surface area contributed by atoms with Crippen molar-refractivity contribution < 1.29 is 24.1 Å². The Bertz CT molecular complexity index is 801. The summed E-state index contributed by atoms with van der Waals surface area (Å²) in [6, 6.07) is 9.11. The van der Waals surface area contributed by atoms with Gasteiger partial charge in [0, 0.05) is 17.2 Å². The molecular formula is C20H23NO5. The van der Waals surface area contributed by atoms with E-state index >= 15 is 0 Å². The summed E-state index contributed by atoms with van der Waals surface area (Å²) in [5.74, 6) is 2.94. The number of hydrogen-bond acceptors (Lipinski definition) is 6. The number of hydrogen-bond donors (Lipinski definition) is 1. The molecule has 1 saturated heterocycles. The summed E-state index contributed by atoms with van der Waals surface area (Å²) in [5.41, 5.74) is 1.74. The van der Waals surface area contributed by atoms with Crippen molar-refractivity contribution >= 4 is 0 Å². The van der Waals surface area contributed by atoms with Crippen LogP contribution >= 0.6 is 0 Å². The number of phenols is 1. The molecule has 1 atom stereocenters. The zero-order valence-electron chi connectivity index (χ0n) is 15.0. The van der Waals surface area contributed by atoms with E-state index in [2.05, 4.69) is 4.90 Å². The first kappa shape index (κ1) is 16.8. The highest BCUT2D eigenvalue weighted by Gasteiger charge is 2.31. The predicted molar refractivity (Wildman–Crippen MR) is 96.4 cm³/mol. The van der Waals surface area contributed by atoms with Crippen LogP contribution in [0.1, 0.15) is 30.0 Å². The maximum atomic E-state index is 10.7. The quantitative estimate of drug-likeness (QED) is 0.886. The summed E-state index contributed by atoms with van der Waals surface area (Å²) in [7, 11) is 3.31. The fraction of sp³-hybridized carbons (Fsp3) is 0.400. The lowest BCUT2D eigenvalue weighted by molar-refractivity contribution is 0.173. The van der Waals surface area contributed by atoms with Gasteiger partial charge in [0.2, 0.25) is 6.79 Å². The highest BCUT2D eigenvalue weighted by Crippen LogP contribution is 2.46. The second-order valence-corrected chi connectivity index (χ2v) is 6.52. The molecule has 2 aromatic rings. The lowest BCUT2D eigenvalue weighted by Gasteiger charge is -2.30. The molecule has 6 heteroatoms. The van der Waals surface area contributed by atoms with Gasteiger partial charge in [0.15, 0.2) is 11.5 Å². The molecule has 0 saturated carbocycles. The van der Waals surface area contributed by atoms with E-state index in [1.807, 2.05) is 24.3 Å². The number of fused-ring (bicyclic) bond motifs is 1. The van der Waals surface area contributed by atoms with Gasteiger partial charge in [-0.1, -0.05) is 0 Å². The van der Waals surface area contributed by atoms with E-state index in [-0.39, 0.29) is 18.6 Å². The van der Waals surface area contributed by atoms with Crippen LogP contribution in [0.15, 0.2) is 30.3 Å². The maximum Gasteiger partial charge on any atom is 0.231 e. The van der Waals surface area contributed by atoms with Crippen LogP contribution in [0.4, 0.5) is 0 Å². The van der Waals surface area contributed by atoms with Gasteiger partial charge in [-0.25, -0.2) is 0 Å². The van der Waals surface area contributed by atoms with E-state index in [1.54, 1.807) is 20.3 Å². The second kappa shape index (κ2) is 6.96. The van der Waals surface area contributed by atoms with Gasteiger partial charge in [0.25, 0.3) is 0 Å². The van der Waals surface area contributed by atoms with Gasteiger partial charge in [-0.15, -0.1) is 0 Å². The molecule has 2 aromatic carbocycles. The summed E-state index contributed by atoms with van der Waals surface area (Å²) in [5, 5.41) is 10.7. The summed E-state index contributed by atoms with van der Waals surface area (Å²) >= 11 is 0. The van der Waals surface area contributed by atoms with Crippen molar-refractivity contribution in [3.63, 3.8) is 0 Å². The molecule has 4 rings (SSSR count). The Morgan fingerprint density at radius 1 is 0.962 bits per heavy atom. The Morgan fingerprint density at radius 2 is 1.69 bits per heavy atom. The van der Waals surface area contributed by atoms with E-state index in [0.717, 1.165) is 48.6 Å². The van der Waals surface area contributed by atoms with Crippen LogP contribution in [0.25, 0.3) is 0 Å². The first-order valence-corrected chi connectivity index (χ1v) is 8.79. The molecule has 26 heavy (non-hydrogen) atoms. The molecule has 1 N–H and O–H groups in total. The number of phenolic OH excluding ortho intramolecular Hbond substituents is 1. The highest BCUT2D eigenvalue weighted by molar-refractivity contribution is 5.56. The molecule has 0 unspecified atom stereocenters. The monoisotopic (exact) mass is 357 g/mol. The van der Waals surface area contributed by atoms with Gasteiger partial charge >= 0.3 is 0 Å². The average Bonchev–Trinajstić information content (AvgIpc) is 3.34. The summed E-state index contributed by atoms with van der Waals surface area (Å²) in [6.45, 7) is 2.09. The molecule has 0 amide bonds. The Morgan fingerprint density at radius 3 is 2.38 bits per heavy atom. The van der Waals surface area contributed by atoms with Crippen molar-refractivity contribution in [1.82, 2.24) is 4.90 Å². The first-order chi connectivity index (χ1) is 12.7. The van der Waals surface area contributed by atoms with Crippen LogP contribution in [-0.2, 0) is 0 Å². The molecule has 2 aliphatic rings. The minimum absolute atomic E-state index is 0.156. The van der Waals surface area contributed by atoms with E-state index in [0.29, 0.717) is 11.5 Å². The minimum atomic E-state index is -0.156. The number of ether oxygens (including phenoxy) is 4. The smallest absolute Gasteiger partial charge is 0.231 e. The lowest BCUT2D eigenvalue weighted by atomic mass is 9.94. The zero-order valence-corrected chi connectivity index (χ0v) is 15.0. The topological polar surface area (TPSA) is 60.4 Å². The van der Waals surface area contributed by atoms with Crippen LogP contribution < -0.4 is 18.9 Å². The van der Waals surface area contributed by atoms with Crippen LogP contribution in [0, 0.1) is 0 Å². The van der Waals surface area contributed by atoms with E-state index in [4.69, 9.17) is 18.9 Å². The van der Waals surface area contributed by atoms with E-state index < -0.39 is 0 Å². The maximum absolute atomic E-state index is 10.7. The third kappa shape index (κ3) is 2.90. The molecule has 138 valence electrons. The van der Waals surface area contributed by atoms with E-state index in [1.165, 1.54) is 0 Å². The first-order valence-electron chi connectivity index (χ1n) is 8.79. The van der Waals surface area contributed by atoms with Crippen molar-refractivity contribution in [3.05, 3.63) is 41.5 Å². The van der Waals surface area contributed by atoms with Gasteiger partial charge < -0.3 is 24.1 Å². The van der Waals surface area contributed by atoms with Gasteiger partial charge in [0.1, 0.15) is 17.2 Å². The minimum Gasteiger partial charge on any atom is -0.507 e. The van der Waals surface area contributed by atoms with Gasteiger partial charge in [-0.05, 0) is 50.2 Å². The van der Waals surface area contributed by atoms with Crippen molar-refractivity contribution in [2.45, 2.75) is 18.9 Å². The molecule has 0 bridgehead atoms.